The van der Waals surface area contributed by atoms with Crippen LogP contribution in [-0.4, -0.2) is 11.1 Å². The topological polar surface area (TPSA) is 38.0 Å². The van der Waals surface area contributed by atoms with Crippen molar-refractivity contribution in [2.75, 3.05) is 0 Å². The molecule has 1 aromatic carbocycles. The molecule has 2 rings (SSSR count). The molecule has 0 spiro atoms. The van der Waals surface area contributed by atoms with Gasteiger partial charge in [-0.1, -0.05) is 30.3 Å². The van der Waals surface area contributed by atoms with E-state index in [0.29, 0.717) is 0 Å². The maximum absolute atomic E-state index is 6.69. The van der Waals surface area contributed by atoms with Crippen molar-refractivity contribution in [1.29, 1.82) is 0 Å². The van der Waals surface area contributed by atoms with Gasteiger partial charge in [0.25, 0.3) is 0 Å². The average molecular weight is 232 g/mol. The zero-order valence-electron chi connectivity index (χ0n) is 11.4. The highest BCUT2D eigenvalue weighted by molar-refractivity contribution is 5.27. The molecule has 0 radical (unpaired) electrons. The van der Waals surface area contributed by atoms with Crippen molar-refractivity contribution in [3.05, 3.63) is 35.9 Å². The van der Waals surface area contributed by atoms with Crippen molar-refractivity contribution in [3.63, 3.8) is 0 Å². The number of benzene rings is 1. The van der Waals surface area contributed by atoms with E-state index in [4.69, 9.17) is 5.73 Å². The van der Waals surface area contributed by atoms with E-state index in [1.54, 1.807) is 0 Å². The van der Waals surface area contributed by atoms with Crippen molar-refractivity contribution in [3.8, 4) is 0 Å². The summed E-state index contributed by atoms with van der Waals surface area (Å²) in [7, 11) is 0. The predicted octanol–water partition coefficient (Wildman–Crippen LogP) is 2.78. The summed E-state index contributed by atoms with van der Waals surface area (Å²) in [5.41, 5.74) is 7.87. The minimum Gasteiger partial charge on any atom is -0.321 e. The molecule has 17 heavy (non-hydrogen) atoms. The summed E-state index contributed by atoms with van der Waals surface area (Å²) in [6, 6.07) is 10.5. The number of nitrogens with two attached hydrogens (primary N) is 1. The van der Waals surface area contributed by atoms with Crippen molar-refractivity contribution < 1.29 is 0 Å². The van der Waals surface area contributed by atoms with Gasteiger partial charge in [0.15, 0.2) is 0 Å². The second-order valence-corrected chi connectivity index (χ2v) is 6.77. The van der Waals surface area contributed by atoms with Crippen LogP contribution in [0.4, 0.5) is 0 Å². The smallest absolute Gasteiger partial charge is 0.0444 e. The zero-order valence-corrected chi connectivity index (χ0v) is 11.4. The second-order valence-electron chi connectivity index (χ2n) is 6.77. The quantitative estimate of drug-likeness (QED) is 0.781. The van der Waals surface area contributed by atoms with Crippen LogP contribution in [0.5, 0.6) is 0 Å². The van der Waals surface area contributed by atoms with Gasteiger partial charge in [-0.15, -0.1) is 0 Å². The molecule has 0 unspecified atom stereocenters. The highest BCUT2D eigenvalue weighted by Gasteiger charge is 2.45. The van der Waals surface area contributed by atoms with E-state index in [1.165, 1.54) is 5.56 Å². The molecule has 1 saturated heterocycles. The van der Waals surface area contributed by atoms with Gasteiger partial charge < -0.3 is 11.1 Å². The van der Waals surface area contributed by atoms with E-state index >= 15 is 0 Å². The molecule has 0 bridgehead atoms. The average Bonchev–Trinajstić information content (AvgIpc) is 2.13. The third kappa shape index (κ3) is 2.70. The fourth-order valence-electron chi connectivity index (χ4n) is 3.62. The Hall–Kier alpha value is -0.860. The molecular formula is C15H24N2. The first-order chi connectivity index (χ1) is 7.73. The van der Waals surface area contributed by atoms with E-state index in [2.05, 4.69) is 57.3 Å². The number of nitrogens with one attached hydrogen (secondary N) is 1. The normalized spacial score (nSPS) is 25.5. The number of hydrogen-bond donors (Lipinski definition) is 2. The third-order valence-corrected chi connectivity index (χ3v) is 3.54. The Morgan fingerprint density at radius 1 is 0.941 bits per heavy atom. The maximum atomic E-state index is 6.69. The number of rotatable bonds is 1. The van der Waals surface area contributed by atoms with Crippen LogP contribution in [0.15, 0.2) is 30.3 Å². The van der Waals surface area contributed by atoms with E-state index < -0.39 is 0 Å². The van der Waals surface area contributed by atoms with E-state index in [1.807, 2.05) is 6.07 Å². The van der Waals surface area contributed by atoms with Gasteiger partial charge >= 0.3 is 0 Å². The maximum Gasteiger partial charge on any atom is 0.0444 e. The lowest BCUT2D eigenvalue weighted by atomic mass is 9.68. The van der Waals surface area contributed by atoms with Gasteiger partial charge in [0.05, 0.1) is 0 Å². The second kappa shape index (κ2) is 3.82. The fourth-order valence-corrected chi connectivity index (χ4v) is 3.62. The Morgan fingerprint density at radius 2 is 1.41 bits per heavy atom. The third-order valence-electron chi connectivity index (χ3n) is 3.54. The number of piperidine rings is 1. The summed E-state index contributed by atoms with van der Waals surface area (Å²) in [5.74, 6) is 0. The van der Waals surface area contributed by atoms with Crippen molar-refractivity contribution in [2.24, 2.45) is 5.73 Å². The summed E-state index contributed by atoms with van der Waals surface area (Å²) in [5, 5.41) is 3.68. The van der Waals surface area contributed by atoms with Crippen molar-refractivity contribution >= 4 is 0 Å². The SMILES string of the molecule is CC1(C)CC(N)(c2ccccc2)CC(C)(C)N1. The van der Waals surface area contributed by atoms with Crippen molar-refractivity contribution in [1.82, 2.24) is 5.32 Å². The Kier molecular flexibility index (Phi) is 2.83. The van der Waals surface area contributed by atoms with Gasteiger partial charge in [-0.2, -0.15) is 0 Å². The first kappa shape index (κ1) is 12.6. The highest BCUT2D eigenvalue weighted by Crippen LogP contribution is 2.40. The lowest BCUT2D eigenvalue weighted by Crippen LogP contribution is -2.64. The summed E-state index contributed by atoms with van der Waals surface area (Å²) in [4.78, 5) is 0. The molecule has 3 N–H and O–H groups in total. The lowest BCUT2D eigenvalue weighted by molar-refractivity contribution is 0.104. The van der Waals surface area contributed by atoms with Gasteiger partial charge in [-0.3, -0.25) is 0 Å². The van der Waals surface area contributed by atoms with Crippen LogP contribution < -0.4 is 11.1 Å². The van der Waals surface area contributed by atoms with E-state index in [9.17, 15) is 0 Å². The molecule has 2 heteroatoms. The minimum absolute atomic E-state index is 0.0757. The van der Waals surface area contributed by atoms with Crippen LogP contribution >= 0.6 is 0 Å². The molecule has 0 aliphatic carbocycles. The molecule has 0 saturated carbocycles. The first-order valence-corrected chi connectivity index (χ1v) is 6.36. The van der Waals surface area contributed by atoms with Crippen LogP contribution in [-0.2, 0) is 5.54 Å². The molecule has 1 aliphatic rings. The molecular weight excluding hydrogens is 208 g/mol. The van der Waals surface area contributed by atoms with Crippen LogP contribution in [0.25, 0.3) is 0 Å². The molecule has 1 fully saturated rings. The molecule has 1 aliphatic heterocycles. The van der Waals surface area contributed by atoms with Gasteiger partial charge in [0.1, 0.15) is 0 Å². The summed E-state index contributed by atoms with van der Waals surface area (Å²) >= 11 is 0. The van der Waals surface area contributed by atoms with Crippen LogP contribution in [0.2, 0.25) is 0 Å². The molecule has 0 amide bonds. The van der Waals surface area contributed by atoms with Gasteiger partial charge in [0.2, 0.25) is 0 Å². The largest absolute Gasteiger partial charge is 0.321 e. The molecule has 1 aromatic rings. The predicted molar refractivity (Wildman–Crippen MR) is 72.8 cm³/mol. The minimum atomic E-state index is -0.223. The van der Waals surface area contributed by atoms with E-state index in [-0.39, 0.29) is 16.6 Å². The van der Waals surface area contributed by atoms with Crippen LogP contribution in [0.1, 0.15) is 46.1 Å². The zero-order chi connectivity index (χ0) is 12.7. The van der Waals surface area contributed by atoms with Crippen molar-refractivity contribution in [2.45, 2.75) is 57.2 Å². The molecule has 94 valence electrons. The summed E-state index contributed by atoms with van der Waals surface area (Å²) in [6.45, 7) is 8.94. The molecule has 0 aromatic heterocycles. The Bertz CT molecular complexity index is 377. The summed E-state index contributed by atoms with van der Waals surface area (Å²) in [6.07, 6.45) is 1.93. The standard InChI is InChI=1S/C15H24N2/c1-13(2)10-15(16,11-14(3,4)17-13)12-8-6-5-7-9-12/h5-9,17H,10-11,16H2,1-4H3. The fraction of sp³-hybridized carbons (Fsp3) is 0.600. The Labute approximate surface area is 105 Å². The molecule has 1 heterocycles. The van der Waals surface area contributed by atoms with E-state index in [0.717, 1.165) is 12.8 Å². The van der Waals surface area contributed by atoms with Crippen LogP contribution in [0.3, 0.4) is 0 Å². The molecule has 0 atom stereocenters. The lowest BCUT2D eigenvalue weighted by Gasteiger charge is -2.51. The molecule has 2 nitrogen and oxygen atoms in total. The number of hydrogen-bond acceptors (Lipinski definition) is 2. The van der Waals surface area contributed by atoms with Gasteiger partial charge in [-0.25, -0.2) is 0 Å². The highest BCUT2D eigenvalue weighted by atomic mass is 15.1. The Morgan fingerprint density at radius 3 is 1.88 bits per heavy atom. The van der Waals surface area contributed by atoms with Gasteiger partial charge in [-0.05, 0) is 46.1 Å². The van der Waals surface area contributed by atoms with Gasteiger partial charge in [0, 0.05) is 16.6 Å². The summed E-state index contributed by atoms with van der Waals surface area (Å²) < 4.78 is 0. The monoisotopic (exact) mass is 232 g/mol. The first-order valence-electron chi connectivity index (χ1n) is 6.36. The Balaban J connectivity index is 2.37. The van der Waals surface area contributed by atoms with Crippen LogP contribution in [0, 0.1) is 0 Å².